The van der Waals surface area contributed by atoms with E-state index in [1.54, 1.807) is 35.5 Å². The van der Waals surface area contributed by atoms with Gasteiger partial charge in [-0.25, -0.2) is 14.4 Å². The Labute approximate surface area is 139 Å². The predicted molar refractivity (Wildman–Crippen MR) is 88.1 cm³/mol. The highest BCUT2D eigenvalue weighted by molar-refractivity contribution is 5.77. The van der Waals surface area contributed by atoms with E-state index in [9.17, 15) is 9.18 Å². The molecule has 1 saturated heterocycles. The van der Waals surface area contributed by atoms with Crippen molar-refractivity contribution in [1.82, 2.24) is 14.9 Å². The maximum Gasteiger partial charge on any atom is 0.248 e. The third-order valence-electron chi connectivity index (χ3n) is 4.01. The van der Waals surface area contributed by atoms with Crippen LogP contribution in [-0.2, 0) is 9.53 Å². The SMILES string of the molecule is COCC(=O)N1CCN(c2ncc(-c3ccccc3F)cn2)CC1. The average Bonchev–Trinajstić information content (AvgIpc) is 2.63. The first kappa shape index (κ1) is 16.3. The summed E-state index contributed by atoms with van der Waals surface area (Å²) in [5.74, 6) is 0.293. The smallest absolute Gasteiger partial charge is 0.248 e. The first-order valence-corrected chi connectivity index (χ1v) is 7.77. The molecule has 0 spiro atoms. The van der Waals surface area contributed by atoms with Crippen LogP contribution in [0.5, 0.6) is 0 Å². The molecule has 1 aliphatic rings. The molecular weight excluding hydrogens is 311 g/mol. The summed E-state index contributed by atoms with van der Waals surface area (Å²) in [5.41, 5.74) is 1.13. The Balaban J connectivity index is 1.65. The third-order valence-corrected chi connectivity index (χ3v) is 4.01. The number of hydrogen-bond donors (Lipinski definition) is 0. The van der Waals surface area contributed by atoms with Crippen LogP contribution in [0, 0.1) is 5.82 Å². The summed E-state index contributed by atoms with van der Waals surface area (Å²) in [6, 6.07) is 6.55. The van der Waals surface area contributed by atoms with Crippen LogP contribution in [0.3, 0.4) is 0 Å². The number of benzene rings is 1. The second-order valence-corrected chi connectivity index (χ2v) is 5.55. The Morgan fingerprint density at radius 2 is 1.83 bits per heavy atom. The van der Waals surface area contributed by atoms with Gasteiger partial charge >= 0.3 is 0 Å². The van der Waals surface area contributed by atoms with Crippen LogP contribution in [-0.4, -0.2) is 60.7 Å². The standard InChI is InChI=1S/C17H19FN4O2/c1-24-12-16(23)21-6-8-22(9-7-21)17-19-10-13(11-20-17)14-4-2-3-5-15(14)18/h2-5,10-11H,6-9,12H2,1H3. The molecule has 1 aromatic heterocycles. The fraction of sp³-hybridized carbons (Fsp3) is 0.353. The highest BCUT2D eigenvalue weighted by Crippen LogP contribution is 2.22. The molecule has 126 valence electrons. The Morgan fingerprint density at radius 3 is 2.46 bits per heavy atom. The van der Waals surface area contributed by atoms with Crippen LogP contribution in [0.2, 0.25) is 0 Å². The molecule has 2 aromatic rings. The fourth-order valence-corrected chi connectivity index (χ4v) is 2.69. The number of carbonyl (C=O) groups excluding carboxylic acids is 1. The molecule has 2 heterocycles. The van der Waals surface area contributed by atoms with Gasteiger partial charge in [-0.3, -0.25) is 4.79 Å². The van der Waals surface area contributed by atoms with Crippen molar-refractivity contribution in [1.29, 1.82) is 0 Å². The molecule has 1 amide bonds. The molecule has 7 heteroatoms. The molecule has 0 aliphatic carbocycles. The number of hydrogen-bond acceptors (Lipinski definition) is 5. The second kappa shape index (κ2) is 7.35. The number of ether oxygens (including phenoxy) is 1. The number of amides is 1. The summed E-state index contributed by atoms with van der Waals surface area (Å²) in [4.78, 5) is 24.3. The van der Waals surface area contributed by atoms with Crippen molar-refractivity contribution in [3.05, 3.63) is 42.5 Å². The lowest BCUT2D eigenvalue weighted by molar-refractivity contribution is -0.135. The maximum absolute atomic E-state index is 13.8. The average molecular weight is 330 g/mol. The molecule has 1 fully saturated rings. The van der Waals surface area contributed by atoms with Gasteiger partial charge in [-0.1, -0.05) is 18.2 Å². The van der Waals surface area contributed by atoms with Crippen LogP contribution >= 0.6 is 0 Å². The van der Waals surface area contributed by atoms with Crippen LogP contribution in [0.15, 0.2) is 36.7 Å². The van der Waals surface area contributed by atoms with E-state index >= 15 is 0 Å². The Bertz CT molecular complexity index is 700. The highest BCUT2D eigenvalue weighted by Gasteiger charge is 2.22. The fourth-order valence-electron chi connectivity index (χ4n) is 2.69. The number of rotatable bonds is 4. The van der Waals surface area contributed by atoms with Crippen molar-refractivity contribution in [3.63, 3.8) is 0 Å². The van der Waals surface area contributed by atoms with Gasteiger partial charge in [0.05, 0.1) is 0 Å². The van der Waals surface area contributed by atoms with Gasteiger partial charge < -0.3 is 14.5 Å². The molecule has 0 unspecified atom stereocenters. The van der Waals surface area contributed by atoms with E-state index in [-0.39, 0.29) is 18.3 Å². The quantitative estimate of drug-likeness (QED) is 0.852. The van der Waals surface area contributed by atoms with Crippen molar-refractivity contribution in [2.75, 3.05) is 44.8 Å². The van der Waals surface area contributed by atoms with Gasteiger partial charge in [-0.2, -0.15) is 0 Å². The van der Waals surface area contributed by atoms with Crippen LogP contribution in [0.25, 0.3) is 11.1 Å². The van der Waals surface area contributed by atoms with Gasteiger partial charge in [0.25, 0.3) is 0 Å². The number of methoxy groups -OCH3 is 1. The summed E-state index contributed by atoms with van der Waals surface area (Å²) >= 11 is 0. The molecule has 1 aromatic carbocycles. The summed E-state index contributed by atoms with van der Waals surface area (Å²) in [5, 5.41) is 0. The number of halogens is 1. The molecular formula is C17H19FN4O2. The minimum atomic E-state index is -0.292. The minimum Gasteiger partial charge on any atom is -0.375 e. The zero-order chi connectivity index (χ0) is 16.9. The van der Waals surface area contributed by atoms with Gasteiger partial charge in [0, 0.05) is 56.8 Å². The molecule has 3 rings (SSSR count). The van der Waals surface area contributed by atoms with E-state index in [0.29, 0.717) is 43.3 Å². The van der Waals surface area contributed by atoms with Crippen LogP contribution < -0.4 is 4.90 Å². The lowest BCUT2D eigenvalue weighted by Crippen LogP contribution is -2.50. The normalized spacial score (nSPS) is 14.8. The first-order chi connectivity index (χ1) is 11.7. The van der Waals surface area contributed by atoms with E-state index in [0.717, 1.165) is 0 Å². The molecule has 0 bridgehead atoms. The zero-order valence-corrected chi connectivity index (χ0v) is 13.5. The van der Waals surface area contributed by atoms with Gasteiger partial charge in [-0.15, -0.1) is 0 Å². The molecule has 0 N–H and O–H groups in total. The van der Waals surface area contributed by atoms with Crippen molar-refractivity contribution in [2.45, 2.75) is 0 Å². The highest BCUT2D eigenvalue weighted by atomic mass is 19.1. The number of anilines is 1. The molecule has 1 aliphatic heterocycles. The maximum atomic E-state index is 13.8. The topological polar surface area (TPSA) is 58.6 Å². The zero-order valence-electron chi connectivity index (χ0n) is 13.5. The third kappa shape index (κ3) is 3.51. The molecule has 0 atom stereocenters. The van der Waals surface area contributed by atoms with Gasteiger partial charge in [0.2, 0.25) is 11.9 Å². The van der Waals surface area contributed by atoms with Gasteiger partial charge in [-0.05, 0) is 6.07 Å². The van der Waals surface area contributed by atoms with Crippen molar-refractivity contribution in [2.24, 2.45) is 0 Å². The number of aromatic nitrogens is 2. The number of nitrogens with zero attached hydrogens (tertiary/aromatic N) is 4. The molecule has 0 radical (unpaired) electrons. The van der Waals surface area contributed by atoms with E-state index in [4.69, 9.17) is 4.74 Å². The van der Waals surface area contributed by atoms with E-state index < -0.39 is 0 Å². The monoisotopic (exact) mass is 330 g/mol. The van der Waals surface area contributed by atoms with Crippen LogP contribution in [0.4, 0.5) is 10.3 Å². The van der Waals surface area contributed by atoms with Crippen molar-refractivity contribution in [3.8, 4) is 11.1 Å². The van der Waals surface area contributed by atoms with Gasteiger partial charge in [0.1, 0.15) is 12.4 Å². The summed E-state index contributed by atoms with van der Waals surface area (Å²) in [6.45, 7) is 2.65. The number of carbonyl (C=O) groups is 1. The minimum absolute atomic E-state index is 0.00651. The Hall–Kier alpha value is -2.54. The largest absolute Gasteiger partial charge is 0.375 e. The summed E-state index contributed by atoms with van der Waals surface area (Å²) in [6.07, 6.45) is 3.26. The second-order valence-electron chi connectivity index (χ2n) is 5.55. The lowest BCUT2D eigenvalue weighted by atomic mass is 10.1. The Kier molecular flexibility index (Phi) is 5.00. The van der Waals surface area contributed by atoms with Crippen molar-refractivity contribution < 1.29 is 13.9 Å². The van der Waals surface area contributed by atoms with Gasteiger partial charge in [0.15, 0.2) is 0 Å². The predicted octanol–water partition coefficient (Wildman–Crippen LogP) is 1.58. The summed E-state index contributed by atoms with van der Waals surface area (Å²) < 4.78 is 18.7. The number of piperazine rings is 1. The van der Waals surface area contributed by atoms with E-state index in [2.05, 4.69) is 9.97 Å². The van der Waals surface area contributed by atoms with Crippen molar-refractivity contribution >= 4 is 11.9 Å². The first-order valence-electron chi connectivity index (χ1n) is 7.77. The lowest BCUT2D eigenvalue weighted by Gasteiger charge is -2.34. The van der Waals surface area contributed by atoms with Crippen LogP contribution in [0.1, 0.15) is 0 Å². The summed E-state index contributed by atoms with van der Waals surface area (Å²) in [7, 11) is 1.51. The Morgan fingerprint density at radius 1 is 1.17 bits per heavy atom. The van der Waals surface area contributed by atoms with E-state index in [1.807, 2.05) is 4.90 Å². The van der Waals surface area contributed by atoms with E-state index in [1.165, 1.54) is 13.2 Å². The molecule has 6 nitrogen and oxygen atoms in total. The molecule has 24 heavy (non-hydrogen) atoms. The molecule has 0 saturated carbocycles.